The summed E-state index contributed by atoms with van der Waals surface area (Å²) < 4.78 is 0. The molecule has 0 spiro atoms. The largest absolute Gasteiger partial charge is 0.383 e. The van der Waals surface area contributed by atoms with E-state index in [9.17, 15) is 4.79 Å². The van der Waals surface area contributed by atoms with Gasteiger partial charge in [0, 0.05) is 50.0 Å². The molecule has 35 heavy (non-hydrogen) atoms. The van der Waals surface area contributed by atoms with Crippen molar-refractivity contribution in [1.29, 1.82) is 0 Å². The number of benzene rings is 2. The van der Waals surface area contributed by atoms with Crippen molar-refractivity contribution in [2.24, 2.45) is 0 Å². The number of hydrogen-bond donors (Lipinski definition) is 2. The molecule has 3 N–H and O–H groups in total. The summed E-state index contributed by atoms with van der Waals surface area (Å²) in [4.78, 5) is 24.0. The highest BCUT2D eigenvalue weighted by atomic mass is 35.5. The first-order valence-corrected chi connectivity index (χ1v) is 12.2. The number of nitrogen functional groups attached to an aromatic ring is 1. The Morgan fingerprint density at radius 2 is 1.97 bits per heavy atom. The first kappa shape index (κ1) is 23.1. The van der Waals surface area contributed by atoms with E-state index in [1.807, 2.05) is 18.2 Å². The highest BCUT2D eigenvalue weighted by Gasteiger charge is 2.16. The highest BCUT2D eigenvalue weighted by Crippen LogP contribution is 2.28. The van der Waals surface area contributed by atoms with Crippen LogP contribution in [0.1, 0.15) is 39.9 Å². The van der Waals surface area contributed by atoms with Crippen molar-refractivity contribution in [3.63, 3.8) is 0 Å². The summed E-state index contributed by atoms with van der Waals surface area (Å²) in [6.07, 6.45) is 6.50. The average molecular weight is 486 g/mol. The number of nitrogens with zero attached hydrogens (tertiary/aromatic N) is 3. The Bertz CT molecular complexity index is 1400. The fourth-order valence-corrected chi connectivity index (χ4v) is 4.88. The molecule has 4 aromatic rings. The normalized spacial score (nSPS) is 13.0. The molecule has 0 aliphatic carbocycles. The van der Waals surface area contributed by atoms with E-state index >= 15 is 0 Å². The summed E-state index contributed by atoms with van der Waals surface area (Å²) in [7, 11) is 2.13. The monoisotopic (exact) mass is 485 g/mol. The fourth-order valence-electron chi connectivity index (χ4n) is 4.73. The zero-order chi connectivity index (χ0) is 24.4. The minimum Gasteiger partial charge on any atom is -0.383 e. The van der Waals surface area contributed by atoms with E-state index in [4.69, 9.17) is 17.3 Å². The van der Waals surface area contributed by atoms with Gasteiger partial charge in [0.25, 0.3) is 0 Å². The predicted octanol–water partition coefficient (Wildman–Crippen LogP) is 5.68. The van der Waals surface area contributed by atoms with Crippen LogP contribution in [0.25, 0.3) is 10.8 Å². The van der Waals surface area contributed by atoms with Crippen LogP contribution < -0.4 is 16.0 Å². The van der Waals surface area contributed by atoms with E-state index in [-0.39, 0.29) is 5.78 Å². The summed E-state index contributed by atoms with van der Waals surface area (Å²) in [5.74, 6) is 1.08. The summed E-state index contributed by atoms with van der Waals surface area (Å²) in [6.45, 7) is 1.68. The maximum absolute atomic E-state index is 13.2. The standard InChI is InChI=1S/C28H28ClN5O/c1-34-12-2-3-21-14-19(5-8-25(21)34)16-32-28-24(15-22(29)17-33-28)26(35)9-6-18-4-7-23-20(13-18)10-11-31-27(23)30/h4-5,7-8,10-11,13-15,17H,2-3,6,9,12,16H2,1H3,(H2,30,31)(H,32,33). The lowest BCUT2D eigenvalue weighted by atomic mass is 9.99. The first-order valence-electron chi connectivity index (χ1n) is 11.9. The molecule has 0 atom stereocenters. The van der Waals surface area contributed by atoms with Gasteiger partial charge in [-0.15, -0.1) is 0 Å². The molecule has 0 fully saturated rings. The summed E-state index contributed by atoms with van der Waals surface area (Å²) in [6, 6.07) is 16.2. The molecule has 0 bridgehead atoms. The number of aryl methyl sites for hydroxylation is 2. The van der Waals surface area contributed by atoms with Gasteiger partial charge in [-0.3, -0.25) is 4.79 Å². The second kappa shape index (κ2) is 9.92. The molecule has 1 aliphatic heterocycles. The molecule has 178 valence electrons. The molecule has 6 nitrogen and oxygen atoms in total. The smallest absolute Gasteiger partial charge is 0.166 e. The molecule has 0 unspecified atom stereocenters. The number of fused-ring (bicyclic) bond motifs is 2. The van der Waals surface area contributed by atoms with Crippen molar-refractivity contribution in [2.45, 2.75) is 32.2 Å². The number of nitrogens with one attached hydrogen (secondary N) is 1. The molecule has 5 rings (SSSR count). The van der Waals surface area contributed by atoms with Gasteiger partial charge in [-0.05, 0) is 59.5 Å². The molecule has 7 heteroatoms. The third kappa shape index (κ3) is 5.08. The van der Waals surface area contributed by atoms with Crippen LogP contribution >= 0.6 is 11.6 Å². The van der Waals surface area contributed by atoms with Crippen molar-refractivity contribution in [3.05, 3.63) is 88.2 Å². The van der Waals surface area contributed by atoms with E-state index < -0.39 is 0 Å². The molecular formula is C28H28ClN5O. The van der Waals surface area contributed by atoms with Crippen LogP contribution in [-0.2, 0) is 19.4 Å². The molecule has 0 saturated carbocycles. The van der Waals surface area contributed by atoms with Gasteiger partial charge in [-0.2, -0.15) is 0 Å². The highest BCUT2D eigenvalue weighted by molar-refractivity contribution is 6.31. The number of carbonyl (C=O) groups excluding carboxylic acids is 1. The van der Waals surface area contributed by atoms with Crippen LogP contribution in [0, 0.1) is 0 Å². The minimum atomic E-state index is 0.00362. The Morgan fingerprint density at radius 1 is 1.11 bits per heavy atom. The molecule has 2 aromatic carbocycles. The first-order chi connectivity index (χ1) is 17.0. The number of rotatable bonds is 7. The van der Waals surface area contributed by atoms with Gasteiger partial charge < -0.3 is 16.0 Å². The average Bonchev–Trinajstić information content (AvgIpc) is 2.86. The van der Waals surface area contributed by atoms with Crippen LogP contribution in [0.15, 0.2) is 60.9 Å². The van der Waals surface area contributed by atoms with E-state index in [0.717, 1.165) is 29.3 Å². The molecule has 0 radical (unpaired) electrons. The Balaban J connectivity index is 1.29. The molecule has 2 aromatic heterocycles. The molecule has 0 saturated heterocycles. The van der Waals surface area contributed by atoms with Crippen molar-refractivity contribution in [2.75, 3.05) is 29.5 Å². The zero-order valence-corrected chi connectivity index (χ0v) is 20.5. The van der Waals surface area contributed by atoms with E-state index in [1.165, 1.54) is 23.2 Å². The molecule has 0 amide bonds. The third-order valence-corrected chi connectivity index (χ3v) is 6.82. The zero-order valence-electron chi connectivity index (χ0n) is 19.7. The third-order valence-electron chi connectivity index (χ3n) is 6.61. The SMILES string of the molecule is CN1CCCc2cc(CNc3ncc(Cl)cc3C(=O)CCc3ccc4c(N)nccc4c3)ccc21. The number of nitrogens with two attached hydrogens (primary N) is 1. The Morgan fingerprint density at radius 3 is 2.86 bits per heavy atom. The van der Waals surface area contributed by atoms with Crippen LogP contribution in [0.3, 0.4) is 0 Å². The maximum Gasteiger partial charge on any atom is 0.166 e. The maximum atomic E-state index is 13.2. The Kier molecular flexibility index (Phi) is 6.55. The number of aromatic nitrogens is 2. The van der Waals surface area contributed by atoms with Crippen molar-refractivity contribution in [1.82, 2.24) is 9.97 Å². The second-order valence-corrected chi connectivity index (χ2v) is 9.50. The predicted molar refractivity (Wildman–Crippen MR) is 143 cm³/mol. The van der Waals surface area contributed by atoms with Gasteiger partial charge in [-0.1, -0.05) is 41.9 Å². The van der Waals surface area contributed by atoms with E-state index in [2.05, 4.69) is 51.5 Å². The van der Waals surface area contributed by atoms with Gasteiger partial charge in [0.05, 0.1) is 10.6 Å². The van der Waals surface area contributed by atoms with Crippen LogP contribution in [0.5, 0.6) is 0 Å². The number of hydrogen-bond acceptors (Lipinski definition) is 6. The second-order valence-electron chi connectivity index (χ2n) is 9.07. The Hall–Kier alpha value is -3.64. The number of anilines is 3. The van der Waals surface area contributed by atoms with Crippen molar-refractivity contribution >= 4 is 45.5 Å². The number of Topliss-reactive ketones (excluding diaryl/α,β-unsaturated/α-hetero) is 1. The Labute approximate surface area is 210 Å². The van der Waals surface area contributed by atoms with Crippen LogP contribution in [0.4, 0.5) is 17.3 Å². The number of carbonyl (C=O) groups is 1. The van der Waals surface area contributed by atoms with Gasteiger partial charge in [-0.25, -0.2) is 9.97 Å². The van der Waals surface area contributed by atoms with Crippen LogP contribution in [0.2, 0.25) is 5.02 Å². The van der Waals surface area contributed by atoms with Gasteiger partial charge in [0.15, 0.2) is 5.78 Å². The summed E-state index contributed by atoms with van der Waals surface area (Å²) >= 11 is 6.20. The molecule has 1 aliphatic rings. The number of ketones is 1. The van der Waals surface area contributed by atoms with Crippen LogP contribution in [-0.4, -0.2) is 29.3 Å². The van der Waals surface area contributed by atoms with Gasteiger partial charge >= 0.3 is 0 Å². The molecule has 3 heterocycles. The lowest BCUT2D eigenvalue weighted by Gasteiger charge is -2.27. The van der Waals surface area contributed by atoms with Crippen molar-refractivity contribution in [3.8, 4) is 0 Å². The van der Waals surface area contributed by atoms with E-state index in [0.29, 0.717) is 41.6 Å². The number of halogens is 1. The summed E-state index contributed by atoms with van der Waals surface area (Å²) in [5, 5.41) is 5.75. The quantitative estimate of drug-likeness (QED) is 0.328. The lowest BCUT2D eigenvalue weighted by Crippen LogP contribution is -2.24. The minimum absolute atomic E-state index is 0.00362. The fraction of sp³-hybridized carbons (Fsp3) is 0.250. The van der Waals surface area contributed by atoms with Crippen molar-refractivity contribution < 1.29 is 4.79 Å². The van der Waals surface area contributed by atoms with E-state index in [1.54, 1.807) is 18.5 Å². The summed E-state index contributed by atoms with van der Waals surface area (Å²) in [5.41, 5.74) is 11.4. The van der Waals surface area contributed by atoms with Gasteiger partial charge in [0.2, 0.25) is 0 Å². The topological polar surface area (TPSA) is 84.1 Å². The number of pyridine rings is 2. The lowest BCUT2D eigenvalue weighted by molar-refractivity contribution is 0.0983. The van der Waals surface area contributed by atoms with Gasteiger partial charge in [0.1, 0.15) is 11.6 Å². The molecular weight excluding hydrogens is 458 g/mol.